The Morgan fingerprint density at radius 1 is 1.00 bits per heavy atom. The second-order valence-corrected chi connectivity index (χ2v) is 4.76. The molecule has 0 saturated carbocycles. The van der Waals surface area contributed by atoms with Crippen LogP contribution >= 0.6 is 0 Å². The standard InChI is InChI=1S/C13H29NO2/c1-6-7-13(10-14-11(2)3)16-9-8-15-12(4)5/h11-14H,6-10H2,1-5H3. The fourth-order valence-electron chi connectivity index (χ4n) is 1.43. The maximum Gasteiger partial charge on any atom is 0.0705 e. The Hall–Kier alpha value is -0.120. The highest BCUT2D eigenvalue weighted by molar-refractivity contribution is 4.63. The molecule has 0 amide bonds. The van der Waals surface area contributed by atoms with Crippen molar-refractivity contribution in [2.24, 2.45) is 0 Å². The first-order valence-corrected chi connectivity index (χ1v) is 6.52. The van der Waals surface area contributed by atoms with Gasteiger partial charge >= 0.3 is 0 Å². The lowest BCUT2D eigenvalue weighted by Crippen LogP contribution is -2.34. The molecule has 16 heavy (non-hydrogen) atoms. The lowest BCUT2D eigenvalue weighted by atomic mass is 10.2. The van der Waals surface area contributed by atoms with Crippen molar-refractivity contribution in [1.29, 1.82) is 0 Å². The molecule has 3 nitrogen and oxygen atoms in total. The van der Waals surface area contributed by atoms with Gasteiger partial charge in [-0.05, 0) is 20.3 Å². The maximum atomic E-state index is 5.80. The number of hydrogen-bond donors (Lipinski definition) is 1. The second-order valence-electron chi connectivity index (χ2n) is 4.76. The van der Waals surface area contributed by atoms with Crippen molar-refractivity contribution in [3.63, 3.8) is 0 Å². The van der Waals surface area contributed by atoms with E-state index in [1.165, 1.54) is 0 Å². The van der Waals surface area contributed by atoms with E-state index in [-0.39, 0.29) is 0 Å². The molecule has 0 aromatic heterocycles. The third kappa shape index (κ3) is 10.4. The molecule has 0 aliphatic heterocycles. The minimum atomic E-state index is 0.294. The van der Waals surface area contributed by atoms with Gasteiger partial charge in [-0.3, -0.25) is 0 Å². The lowest BCUT2D eigenvalue weighted by Gasteiger charge is -2.19. The van der Waals surface area contributed by atoms with Gasteiger partial charge in [-0.2, -0.15) is 0 Å². The molecule has 0 saturated heterocycles. The summed E-state index contributed by atoms with van der Waals surface area (Å²) in [6.07, 6.45) is 2.89. The molecule has 0 spiro atoms. The van der Waals surface area contributed by atoms with Gasteiger partial charge in [-0.15, -0.1) is 0 Å². The van der Waals surface area contributed by atoms with E-state index in [4.69, 9.17) is 9.47 Å². The fourth-order valence-corrected chi connectivity index (χ4v) is 1.43. The van der Waals surface area contributed by atoms with Crippen molar-refractivity contribution in [2.45, 2.75) is 65.7 Å². The van der Waals surface area contributed by atoms with Gasteiger partial charge in [-0.25, -0.2) is 0 Å². The van der Waals surface area contributed by atoms with Gasteiger partial charge in [0.1, 0.15) is 0 Å². The molecule has 0 aromatic carbocycles. The number of nitrogens with one attached hydrogen (secondary N) is 1. The summed E-state index contributed by atoms with van der Waals surface area (Å²) < 4.78 is 11.2. The summed E-state index contributed by atoms with van der Waals surface area (Å²) in [6.45, 7) is 12.9. The van der Waals surface area contributed by atoms with Crippen LogP contribution in [0.5, 0.6) is 0 Å². The molecule has 1 atom stereocenters. The Balaban J connectivity index is 3.59. The van der Waals surface area contributed by atoms with E-state index in [1.807, 2.05) is 13.8 Å². The van der Waals surface area contributed by atoms with Crippen LogP contribution in [0.2, 0.25) is 0 Å². The fraction of sp³-hybridized carbons (Fsp3) is 1.00. The largest absolute Gasteiger partial charge is 0.376 e. The van der Waals surface area contributed by atoms with Crippen molar-refractivity contribution in [2.75, 3.05) is 19.8 Å². The average Bonchev–Trinajstić information content (AvgIpc) is 2.20. The molecule has 0 bridgehead atoms. The van der Waals surface area contributed by atoms with E-state index in [0.717, 1.165) is 19.4 Å². The first-order chi connectivity index (χ1) is 7.56. The molecule has 1 unspecified atom stereocenters. The summed E-state index contributed by atoms with van der Waals surface area (Å²) in [5, 5.41) is 3.41. The lowest BCUT2D eigenvalue weighted by molar-refractivity contribution is -0.0152. The zero-order valence-electron chi connectivity index (χ0n) is 11.6. The molecule has 0 aromatic rings. The second kappa shape index (κ2) is 10.1. The smallest absolute Gasteiger partial charge is 0.0705 e. The van der Waals surface area contributed by atoms with Gasteiger partial charge in [-0.1, -0.05) is 27.2 Å². The van der Waals surface area contributed by atoms with E-state index in [9.17, 15) is 0 Å². The van der Waals surface area contributed by atoms with Crippen LogP contribution in [0.15, 0.2) is 0 Å². The zero-order chi connectivity index (χ0) is 12.4. The molecular weight excluding hydrogens is 202 g/mol. The summed E-state index contributed by atoms with van der Waals surface area (Å²) in [6, 6.07) is 0.523. The number of rotatable bonds is 10. The van der Waals surface area contributed by atoms with Gasteiger partial charge in [0.2, 0.25) is 0 Å². The highest BCUT2D eigenvalue weighted by Gasteiger charge is 2.08. The Morgan fingerprint density at radius 3 is 2.12 bits per heavy atom. The minimum absolute atomic E-state index is 0.294. The van der Waals surface area contributed by atoms with Crippen LogP contribution in [0.1, 0.15) is 47.5 Å². The normalized spacial score (nSPS) is 13.7. The van der Waals surface area contributed by atoms with Crippen molar-refractivity contribution in [1.82, 2.24) is 5.32 Å². The van der Waals surface area contributed by atoms with E-state index in [0.29, 0.717) is 31.5 Å². The van der Waals surface area contributed by atoms with Crippen LogP contribution in [0.3, 0.4) is 0 Å². The van der Waals surface area contributed by atoms with E-state index < -0.39 is 0 Å². The summed E-state index contributed by atoms with van der Waals surface area (Å²) >= 11 is 0. The number of ether oxygens (including phenoxy) is 2. The Kier molecular flexibility index (Phi) is 9.99. The summed E-state index contributed by atoms with van der Waals surface area (Å²) in [5.74, 6) is 0. The molecular formula is C13H29NO2. The van der Waals surface area contributed by atoms with Crippen LogP contribution in [0.25, 0.3) is 0 Å². The summed E-state index contributed by atoms with van der Waals surface area (Å²) in [4.78, 5) is 0. The van der Waals surface area contributed by atoms with Crippen molar-refractivity contribution in [3.8, 4) is 0 Å². The average molecular weight is 231 g/mol. The molecule has 3 heteroatoms. The molecule has 0 rings (SSSR count). The molecule has 0 aliphatic rings. The quantitative estimate of drug-likeness (QED) is 0.586. The van der Waals surface area contributed by atoms with Crippen molar-refractivity contribution < 1.29 is 9.47 Å². The van der Waals surface area contributed by atoms with Gasteiger partial charge < -0.3 is 14.8 Å². The minimum Gasteiger partial charge on any atom is -0.376 e. The Bertz CT molecular complexity index is 149. The Labute approximate surface area is 101 Å². The number of hydrogen-bond acceptors (Lipinski definition) is 3. The van der Waals surface area contributed by atoms with Gasteiger partial charge in [0.15, 0.2) is 0 Å². The van der Waals surface area contributed by atoms with Gasteiger partial charge in [0.25, 0.3) is 0 Å². The first kappa shape index (κ1) is 15.9. The van der Waals surface area contributed by atoms with Crippen LogP contribution in [-0.4, -0.2) is 38.0 Å². The topological polar surface area (TPSA) is 30.5 Å². The summed E-state index contributed by atoms with van der Waals surface area (Å²) in [5.41, 5.74) is 0. The van der Waals surface area contributed by atoms with Crippen LogP contribution in [-0.2, 0) is 9.47 Å². The third-order valence-electron chi connectivity index (χ3n) is 2.25. The molecule has 1 N–H and O–H groups in total. The van der Waals surface area contributed by atoms with Crippen LogP contribution in [0, 0.1) is 0 Å². The molecule has 0 fully saturated rings. The summed E-state index contributed by atoms with van der Waals surface area (Å²) in [7, 11) is 0. The zero-order valence-corrected chi connectivity index (χ0v) is 11.6. The Morgan fingerprint density at radius 2 is 1.62 bits per heavy atom. The first-order valence-electron chi connectivity index (χ1n) is 6.52. The third-order valence-corrected chi connectivity index (χ3v) is 2.25. The molecule has 98 valence electrons. The van der Waals surface area contributed by atoms with Gasteiger partial charge in [0.05, 0.1) is 25.4 Å². The maximum absolute atomic E-state index is 5.80. The van der Waals surface area contributed by atoms with E-state index in [2.05, 4.69) is 26.1 Å². The highest BCUT2D eigenvalue weighted by atomic mass is 16.5. The monoisotopic (exact) mass is 231 g/mol. The van der Waals surface area contributed by atoms with E-state index >= 15 is 0 Å². The molecule has 0 aliphatic carbocycles. The van der Waals surface area contributed by atoms with Crippen molar-refractivity contribution in [3.05, 3.63) is 0 Å². The molecule has 0 radical (unpaired) electrons. The van der Waals surface area contributed by atoms with Crippen LogP contribution in [0.4, 0.5) is 0 Å². The predicted molar refractivity (Wildman–Crippen MR) is 68.9 cm³/mol. The molecule has 0 heterocycles. The van der Waals surface area contributed by atoms with E-state index in [1.54, 1.807) is 0 Å². The highest BCUT2D eigenvalue weighted by Crippen LogP contribution is 2.02. The SMILES string of the molecule is CCCC(CNC(C)C)OCCOC(C)C. The van der Waals surface area contributed by atoms with Gasteiger partial charge in [0, 0.05) is 12.6 Å². The van der Waals surface area contributed by atoms with Crippen LogP contribution < -0.4 is 5.32 Å². The predicted octanol–water partition coefficient (Wildman–Crippen LogP) is 2.59. The van der Waals surface area contributed by atoms with Crippen molar-refractivity contribution >= 4 is 0 Å².